The van der Waals surface area contributed by atoms with Gasteiger partial charge in [-0.1, -0.05) is 12.1 Å². The average Bonchev–Trinajstić information content (AvgIpc) is 2.18. The third kappa shape index (κ3) is 3.41. The fourth-order valence-corrected chi connectivity index (χ4v) is 1.26. The number of nitrogens with two attached hydrogens (primary N) is 1. The predicted octanol–water partition coefficient (Wildman–Crippen LogP) is 0.687. The van der Waals surface area contributed by atoms with Crippen molar-refractivity contribution in [2.75, 3.05) is 13.2 Å². The summed E-state index contributed by atoms with van der Waals surface area (Å²) in [5, 5.41) is 3.09. The van der Waals surface area contributed by atoms with Crippen molar-refractivity contribution < 1.29 is 4.39 Å². The second-order valence-electron chi connectivity index (χ2n) is 3.21. The molecular weight excluding hydrogens is 181 g/mol. The van der Waals surface area contributed by atoms with Gasteiger partial charge in [-0.3, -0.25) is 5.84 Å². The molecule has 78 valence electrons. The molecule has 0 saturated carbocycles. The lowest BCUT2D eigenvalue weighted by molar-refractivity contribution is 0.599. The first-order chi connectivity index (χ1) is 6.74. The zero-order chi connectivity index (χ0) is 10.4. The van der Waals surface area contributed by atoms with E-state index in [0.717, 1.165) is 18.5 Å². The number of halogens is 1. The highest BCUT2D eigenvalue weighted by molar-refractivity contribution is 5.24. The van der Waals surface area contributed by atoms with Gasteiger partial charge in [-0.25, -0.2) is 9.82 Å². The van der Waals surface area contributed by atoms with Gasteiger partial charge in [-0.2, -0.15) is 0 Å². The third-order valence-corrected chi connectivity index (χ3v) is 2.04. The summed E-state index contributed by atoms with van der Waals surface area (Å²) >= 11 is 0. The Hall–Kier alpha value is -0.970. The van der Waals surface area contributed by atoms with Crippen molar-refractivity contribution in [3.05, 3.63) is 35.1 Å². The highest BCUT2D eigenvalue weighted by Crippen LogP contribution is 2.09. The molecule has 4 heteroatoms. The molecule has 0 radical (unpaired) electrons. The second-order valence-corrected chi connectivity index (χ2v) is 3.21. The van der Waals surface area contributed by atoms with Crippen molar-refractivity contribution in [3.8, 4) is 0 Å². The summed E-state index contributed by atoms with van der Waals surface area (Å²) in [6.45, 7) is 3.18. The Morgan fingerprint density at radius 3 is 2.86 bits per heavy atom. The Labute approximate surface area is 83.5 Å². The summed E-state index contributed by atoms with van der Waals surface area (Å²) in [6.07, 6.45) is 0.878. The first-order valence-electron chi connectivity index (χ1n) is 4.63. The topological polar surface area (TPSA) is 50.1 Å². The van der Waals surface area contributed by atoms with Gasteiger partial charge in [0, 0.05) is 6.54 Å². The van der Waals surface area contributed by atoms with E-state index in [0.29, 0.717) is 12.2 Å². The number of hydrogen-bond donors (Lipinski definition) is 3. The molecule has 0 aliphatic rings. The van der Waals surface area contributed by atoms with Crippen LogP contribution in [0, 0.1) is 12.7 Å². The van der Waals surface area contributed by atoms with E-state index in [1.807, 2.05) is 6.07 Å². The molecular formula is C10H16FN3. The molecule has 0 spiro atoms. The first kappa shape index (κ1) is 11.1. The molecule has 0 bridgehead atoms. The Morgan fingerprint density at radius 2 is 2.21 bits per heavy atom. The molecule has 0 unspecified atom stereocenters. The minimum Gasteiger partial charge on any atom is -0.303 e. The minimum absolute atomic E-state index is 0.148. The van der Waals surface area contributed by atoms with Crippen LogP contribution in [0.25, 0.3) is 0 Å². The third-order valence-electron chi connectivity index (χ3n) is 2.04. The van der Waals surface area contributed by atoms with Crippen LogP contribution in [-0.2, 0) is 6.42 Å². The van der Waals surface area contributed by atoms with Crippen molar-refractivity contribution >= 4 is 0 Å². The van der Waals surface area contributed by atoms with Crippen LogP contribution in [0.4, 0.5) is 4.39 Å². The van der Waals surface area contributed by atoms with Gasteiger partial charge in [-0.05, 0) is 30.5 Å². The number of aryl methyl sites for hydroxylation is 1. The molecule has 3 nitrogen and oxygen atoms in total. The fourth-order valence-electron chi connectivity index (χ4n) is 1.26. The monoisotopic (exact) mass is 197 g/mol. The van der Waals surface area contributed by atoms with E-state index < -0.39 is 0 Å². The maximum atomic E-state index is 12.9. The molecule has 0 aromatic heterocycles. The van der Waals surface area contributed by atoms with E-state index in [-0.39, 0.29) is 5.82 Å². The molecule has 1 aromatic rings. The number of rotatable bonds is 5. The minimum atomic E-state index is -0.148. The molecule has 0 saturated heterocycles. The molecule has 0 heterocycles. The molecule has 1 rings (SSSR count). The summed E-state index contributed by atoms with van der Waals surface area (Å²) in [5.74, 6) is 4.94. The molecule has 14 heavy (non-hydrogen) atoms. The Balaban J connectivity index is 2.39. The normalized spacial score (nSPS) is 10.5. The van der Waals surface area contributed by atoms with Crippen molar-refractivity contribution in [2.45, 2.75) is 13.3 Å². The van der Waals surface area contributed by atoms with Crippen LogP contribution in [0.2, 0.25) is 0 Å². The Morgan fingerprint density at radius 1 is 1.43 bits per heavy atom. The zero-order valence-electron chi connectivity index (χ0n) is 8.31. The lowest BCUT2D eigenvalue weighted by Crippen LogP contribution is -2.34. The largest absolute Gasteiger partial charge is 0.303 e. The van der Waals surface area contributed by atoms with Crippen molar-refractivity contribution in [1.82, 2.24) is 10.7 Å². The summed E-state index contributed by atoms with van der Waals surface area (Å²) in [7, 11) is 0. The predicted molar refractivity (Wildman–Crippen MR) is 55.0 cm³/mol. The van der Waals surface area contributed by atoms with Crippen molar-refractivity contribution in [3.63, 3.8) is 0 Å². The summed E-state index contributed by atoms with van der Waals surface area (Å²) in [4.78, 5) is 0. The lowest BCUT2D eigenvalue weighted by Gasteiger charge is -2.05. The SMILES string of the molecule is Cc1cc(CCNCNN)ccc1F. The highest BCUT2D eigenvalue weighted by atomic mass is 19.1. The quantitative estimate of drug-likeness (QED) is 0.282. The maximum absolute atomic E-state index is 12.9. The van der Waals surface area contributed by atoms with Crippen LogP contribution in [0.5, 0.6) is 0 Å². The Kier molecular flexibility index (Phi) is 4.52. The van der Waals surface area contributed by atoms with Crippen LogP contribution in [0.15, 0.2) is 18.2 Å². The first-order valence-corrected chi connectivity index (χ1v) is 4.63. The number of benzene rings is 1. The molecule has 1 aromatic carbocycles. The number of hydrogen-bond acceptors (Lipinski definition) is 3. The van der Waals surface area contributed by atoms with E-state index in [1.54, 1.807) is 13.0 Å². The molecule has 0 aliphatic carbocycles. The van der Waals surface area contributed by atoms with Crippen LogP contribution in [0.1, 0.15) is 11.1 Å². The second kappa shape index (κ2) is 5.70. The van der Waals surface area contributed by atoms with Gasteiger partial charge < -0.3 is 5.32 Å². The summed E-state index contributed by atoms with van der Waals surface area (Å²) < 4.78 is 12.9. The van der Waals surface area contributed by atoms with Crippen molar-refractivity contribution in [1.29, 1.82) is 0 Å². The number of nitrogens with one attached hydrogen (secondary N) is 2. The fraction of sp³-hybridized carbons (Fsp3) is 0.400. The standard InChI is InChI=1S/C10H16FN3/c1-8-6-9(2-3-10(8)11)4-5-13-7-14-12/h2-3,6,13-14H,4-5,7,12H2,1H3. The van der Waals surface area contributed by atoms with Crippen molar-refractivity contribution in [2.24, 2.45) is 5.84 Å². The Bertz CT molecular complexity index is 289. The number of hydrazine groups is 1. The van der Waals surface area contributed by atoms with E-state index in [2.05, 4.69) is 10.7 Å². The average molecular weight is 197 g/mol. The van der Waals surface area contributed by atoms with Gasteiger partial charge in [-0.15, -0.1) is 0 Å². The van der Waals surface area contributed by atoms with E-state index >= 15 is 0 Å². The van der Waals surface area contributed by atoms with Gasteiger partial charge in [0.05, 0.1) is 6.67 Å². The van der Waals surface area contributed by atoms with Gasteiger partial charge in [0.1, 0.15) is 5.82 Å². The van der Waals surface area contributed by atoms with E-state index in [9.17, 15) is 4.39 Å². The molecule has 0 fully saturated rings. The molecule has 0 atom stereocenters. The van der Waals surface area contributed by atoms with Gasteiger partial charge in [0.25, 0.3) is 0 Å². The van der Waals surface area contributed by atoms with E-state index in [1.165, 1.54) is 6.07 Å². The zero-order valence-corrected chi connectivity index (χ0v) is 8.31. The van der Waals surface area contributed by atoms with Crippen LogP contribution >= 0.6 is 0 Å². The molecule has 0 aliphatic heterocycles. The summed E-state index contributed by atoms with van der Waals surface area (Å²) in [5.41, 5.74) is 4.33. The maximum Gasteiger partial charge on any atom is 0.126 e. The lowest BCUT2D eigenvalue weighted by atomic mass is 10.1. The smallest absolute Gasteiger partial charge is 0.126 e. The van der Waals surface area contributed by atoms with Crippen LogP contribution in [-0.4, -0.2) is 13.2 Å². The van der Waals surface area contributed by atoms with Crippen LogP contribution in [0.3, 0.4) is 0 Å². The van der Waals surface area contributed by atoms with Gasteiger partial charge in [0.2, 0.25) is 0 Å². The van der Waals surface area contributed by atoms with E-state index in [4.69, 9.17) is 5.84 Å². The van der Waals surface area contributed by atoms with Gasteiger partial charge >= 0.3 is 0 Å². The molecule has 0 amide bonds. The molecule has 4 N–H and O–H groups in total. The highest BCUT2D eigenvalue weighted by Gasteiger charge is 1.98. The van der Waals surface area contributed by atoms with Crippen LogP contribution < -0.4 is 16.6 Å². The summed E-state index contributed by atoms with van der Waals surface area (Å²) in [6, 6.07) is 5.18. The van der Waals surface area contributed by atoms with Gasteiger partial charge in [0.15, 0.2) is 0 Å².